The number of hydrogen-bond donors (Lipinski definition) is 0. The highest BCUT2D eigenvalue weighted by Crippen LogP contribution is 2.19. The summed E-state index contributed by atoms with van der Waals surface area (Å²) in [6.45, 7) is 4.07. The summed E-state index contributed by atoms with van der Waals surface area (Å²) in [5.41, 5.74) is 1.23. The average Bonchev–Trinajstić information content (AvgIpc) is 2.40. The van der Waals surface area contributed by atoms with Crippen LogP contribution in [0.5, 0.6) is 0 Å². The van der Waals surface area contributed by atoms with Crippen LogP contribution in [0.3, 0.4) is 0 Å². The number of ether oxygens (including phenoxy) is 1. The molecule has 98 valence electrons. The summed E-state index contributed by atoms with van der Waals surface area (Å²) >= 11 is 3.44. The molecule has 1 saturated heterocycles. The zero-order valence-electron chi connectivity index (χ0n) is 10.4. The van der Waals surface area contributed by atoms with E-state index in [9.17, 15) is 4.79 Å². The van der Waals surface area contributed by atoms with Crippen LogP contribution in [0.4, 0.5) is 5.69 Å². The molecule has 1 heterocycles. The van der Waals surface area contributed by atoms with E-state index in [2.05, 4.69) is 54.7 Å². The molecule has 0 aliphatic carbocycles. The molecule has 0 radical (unpaired) electrons. The number of carbonyl (C=O) groups excluding carboxylic acids is 1. The highest BCUT2D eigenvalue weighted by Gasteiger charge is 2.19. The molecular weight excluding hydrogens is 296 g/mol. The Balaban J connectivity index is 1.86. The van der Waals surface area contributed by atoms with Gasteiger partial charge in [-0.3, -0.25) is 9.69 Å². The van der Waals surface area contributed by atoms with Crippen molar-refractivity contribution in [2.45, 2.75) is 0 Å². The maximum Gasteiger partial charge on any atom is 0.319 e. The third-order valence-electron chi connectivity index (χ3n) is 3.14. The van der Waals surface area contributed by atoms with Gasteiger partial charge in [0, 0.05) is 36.3 Å². The highest BCUT2D eigenvalue weighted by molar-refractivity contribution is 9.10. The largest absolute Gasteiger partial charge is 0.468 e. The zero-order valence-corrected chi connectivity index (χ0v) is 12.0. The Morgan fingerprint density at radius 1 is 1.22 bits per heavy atom. The molecule has 0 aromatic heterocycles. The van der Waals surface area contributed by atoms with Gasteiger partial charge >= 0.3 is 5.97 Å². The van der Waals surface area contributed by atoms with Crippen molar-refractivity contribution in [3.8, 4) is 0 Å². The second-order valence-electron chi connectivity index (χ2n) is 4.32. The minimum atomic E-state index is -0.160. The lowest BCUT2D eigenvalue weighted by Crippen LogP contribution is -2.48. The summed E-state index contributed by atoms with van der Waals surface area (Å²) in [6.07, 6.45) is 0. The first-order chi connectivity index (χ1) is 8.69. The fourth-order valence-corrected chi connectivity index (χ4v) is 2.33. The van der Waals surface area contributed by atoms with Crippen LogP contribution in [0.2, 0.25) is 0 Å². The van der Waals surface area contributed by atoms with Gasteiger partial charge in [0.2, 0.25) is 0 Å². The van der Waals surface area contributed by atoms with Gasteiger partial charge in [-0.05, 0) is 24.3 Å². The van der Waals surface area contributed by atoms with Crippen LogP contribution in [0.15, 0.2) is 28.7 Å². The normalized spacial score (nSPS) is 16.7. The first-order valence-corrected chi connectivity index (χ1v) is 6.78. The molecule has 1 aliphatic rings. The number of methoxy groups -OCH3 is 1. The molecule has 1 fully saturated rings. The molecule has 5 heteroatoms. The summed E-state index contributed by atoms with van der Waals surface area (Å²) in [7, 11) is 1.43. The Kier molecular flexibility index (Phi) is 4.60. The maximum absolute atomic E-state index is 11.2. The Bertz CT molecular complexity index is 400. The van der Waals surface area contributed by atoms with Crippen LogP contribution in [-0.4, -0.2) is 50.7 Å². The van der Waals surface area contributed by atoms with Crippen molar-refractivity contribution < 1.29 is 9.53 Å². The van der Waals surface area contributed by atoms with Crippen molar-refractivity contribution in [2.75, 3.05) is 44.7 Å². The lowest BCUT2D eigenvalue weighted by molar-refractivity contribution is -0.142. The number of hydrogen-bond acceptors (Lipinski definition) is 4. The Labute approximate surface area is 116 Å². The minimum absolute atomic E-state index is 0.160. The molecule has 2 rings (SSSR count). The quantitative estimate of drug-likeness (QED) is 0.796. The smallest absolute Gasteiger partial charge is 0.319 e. The van der Waals surface area contributed by atoms with E-state index in [1.807, 2.05) is 0 Å². The van der Waals surface area contributed by atoms with E-state index in [1.54, 1.807) is 0 Å². The third-order valence-corrected chi connectivity index (χ3v) is 3.67. The highest BCUT2D eigenvalue weighted by atomic mass is 79.9. The van der Waals surface area contributed by atoms with Crippen LogP contribution >= 0.6 is 15.9 Å². The standard InChI is InChI=1S/C13H17BrN2O2/c1-18-13(17)10-15-6-8-16(9-7-15)12-4-2-11(14)3-5-12/h2-5H,6-10H2,1H3. The lowest BCUT2D eigenvalue weighted by Gasteiger charge is -2.35. The van der Waals surface area contributed by atoms with Gasteiger partial charge in [0.1, 0.15) is 0 Å². The summed E-state index contributed by atoms with van der Waals surface area (Å²) in [6, 6.07) is 8.33. The molecule has 0 saturated carbocycles. The van der Waals surface area contributed by atoms with Crippen molar-refractivity contribution in [1.29, 1.82) is 0 Å². The van der Waals surface area contributed by atoms with Gasteiger partial charge < -0.3 is 9.64 Å². The van der Waals surface area contributed by atoms with Crippen molar-refractivity contribution in [3.63, 3.8) is 0 Å². The third kappa shape index (κ3) is 3.46. The fraction of sp³-hybridized carbons (Fsp3) is 0.462. The molecular formula is C13H17BrN2O2. The Morgan fingerprint density at radius 2 is 1.83 bits per heavy atom. The summed E-state index contributed by atoms with van der Waals surface area (Å²) in [5.74, 6) is -0.160. The van der Waals surface area contributed by atoms with E-state index >= 15 is 0 Å². The van der Waals surface area contributed by atoms with Gasteiger partial charge in [0.15, 0.2) is 0 Å². The number of benzene rings is 1. The molecule has 0 N–H and O–H groups in total. The monoisotopic (exact) mass is 312 g/mol. The summed E-state index contributed by atoms with van der Waals surface area (Å²) in [4.78, 5) is 15.6. The van der Waals surface area contributed by atoms with Crippen LogP contribution in [0.1, 0.15) is 0 Å². The van der Waals surface area contributed by atoms with Gasteiger partial charge in [0.25, 0.3) is 0 Å². The zero-order chi connectivity index (χ0) is 13.0. The molecule has 0 atom stereocenters. The second kappa shape index (κ2) is 6.20. The Morgan fingerprint density at radius 3 is 2.39 bits per heavy atom. The number of anilines is 1. The van der Waals surface area contributed by atoms with Crippen molar-refractivity contribution >= 4 is 27.6 Å². The van der Waals surface area contributed by atoms with E-state index in [0.717, 1.165) is 30.7 Å². The SMILES string of the molecule is COC(=O)CN1CCN(c2ccc(Br)cc2)CC1. The number of carbonyl (C=O) groups is 1. The molecule has 1 aromatic rings. The van der Waals surface area contributed by atoms with Gasteiger partial charge in [0.05, 0.1) is 13.7 Å². The predicted octanol–water partition coefficient (Wildman–Crippen LogP) is 1.74. The summed E-state index contributed by atoms with van der Waals surface area (Å²) < 4.78 is 5.77. The Hall–Kier alpha value is -1.07. The van der Waals surface area contributed by atoms with E-state index in [4.69, 9.17) is 0 Å². The van der Waals surface area contributed by atoms with E-state index < -0.39 is 0 Å². The van der Waals surface area contributed by atoms with Crippen LogP contribution in [0.25, 0.3) is 0 Å². The van der Waals surface area contributed by atoms with Crippen LogP contribution < -0.4 is 4.90 Å². The molecule has 1 aliphatic heterocycles. The average molecular weight is 313 g/mol. The van der Waals surface area contributed by atoms with Gasteiger partial charge in [-0.25, -0.2) is 0 Å². The lowest BCUT2D eigenvalue weighted by atomic mass is 10.2. The topological polar surface area (TPSA) is 32.8 Å². The number of nitrogens with zero attached hydrogens (tertiary/aromatic N) is 2. The number of piperazine rings is 1. The molecule has 0 unspecified atom stereocenters. The first kappa shape index (κ1) is 13.4. The van der Waals surface area contributed by atoms with Crippen molar-refractivity contribution in [3.05, 3.63) is 28.7 Å². The predicted molar refractivity (Wildman–Crippen MR) is 74.8 cm³/mol. The van der Waals surface area contributed by atoms with Crippen LogP contribution in [-0.2, 0) is 9.53 Å². The minimum Gasteiger partial charge on any atom is -0.468 e. The molecule has 0 spiro atoms. The van der Waals surface area contributed by atoms with Crippen LogP contribution in [0, 0.1) is 0 Å². The molecule has 1 aromatic carbocycles. The molecule has 4 nitrogen and oxygen atoms in total. The molecule has 0 amide bonds. The van der Waals surface area contributed by atoms with Crippen molar-refractivity contribution in [1.82, 2.24) is 4.90 Å². The second-order valence-corrected chi connectivity index (χ2v) is 5.23. The number of rotatable bonds is 3. The van der Waals surface area contributed by atoms with E-state index in [0.29, 0.717) is 6.54 Å². The van der Waals surface area contributed by atoms with E-state index in [-0.39, 0.29) is 5.97 Å². The summed E-state index contributed by atoms with van der Waals surface area (Å²) in [5, 5.41) is 0. The van der Waals surface area contributed by atoms with Gasteiger partial charge in [-0.15, -0.1) is 0 Å². The molecule has 0 bridgehead atoms. The van der Waals surface area contributed by atoms with E-state index in [1.165, 1.54) is 12.8 Å². The first-order valence-electron chi connectivity index (χ1n) is 5.99. The number of halogens is 1. The van der Waals surface area contributed by atoms with Crippen molar-refractivity contribution in [2.24, 2.45) is 0 Å². The fourth-order valence-electron chi connectivity index (χ4n) is 2.06. The van der Waals surface area contributed by atoms with Gasteiger partial charge in [-0.2, -0.15) is 0 Å². The molecule has 18 heavy (non-hydrogen) atoms. The number of esters is 1. The van der Waals surface area contributed by atoms with Gasteiger partial charge in [-0.1, -0.05) is 15.9 Å². The maximum atomic E-state index is 11.2.